The van der Waals surface area contributed by atoms with Crippen LogP contribution in [0.4, 0.5) is 0 Å². The van der Waals surface area contributed by atoms with Crippen molar-refractivity contribution in [3.63, 3.8) is 0 Å². The van der Waals surface area contributed by atoms with Gasteiger partial charge in [-0.1, -0.05) is 18.2 Å². The van der Waals surface area contributed by atoms with Crippen molar-refractivity contribution in [1.82, 2.24) is 0 Å². The van der Waals surface area contributed by atoms with Crippen molar-refractivity contribution in [1.29, 1.82) is 0 Å². The molecule has 1 atom stereocenters. The van der Waals surface area contributed by atoms with Crippen molar-refractivity contribution >= 4 is 18.6 Å². The van der Waals surface area contributed by atoms with Gasteiger partial charge in [-0.25, -0.2) is 0 Å². The second kappa shape index (κ2) is 5.54. The molecular formula is C10H12O3S. The van der Waals surface area contributed by atoms with Gasteiger partial charge in [-0.15, -0.1) is 0 Å². The molecule has 0 aliphatic carbocycles. The second-order valence-electron chi connectivity index (χ2n) is 2.80. The molecule has 0 aliphatic rings. The molecular weight excluding hydrogens is 200 g/mol. The number of aliphatic carboxylic acids is 1. The Labute approximate surface area is 88.1 Å². The molecule has 0 spiro atoms. The fourth-order valence-corrected chi connectivity index (χ4v) is 1.03. The summed E-state index contributed by atoms with van der Waals surface area (Å²) in [6, 6.07) is 9.28. The van der Waals surface area contributed by atoms with Crippen molar-refractivity contribution < 1.29 is 14.6 Å². The van der Waals surface area contributed by atoms with Gasteiger partial charge in [0.05, 0.1) is 6.61 Å². The van der Waals surface area contributed by atoms with Gasteiger partial charge in [0.1, 0.15) is 11.0 Å². The summed E-state index contributed by atoms with van der Waals surface area (Å²) in [5.74, 6) is -0.164. The van der Waals surface area contributed by atoms with Crippen LogP contribution >= 0.6 is 12.6 Å². The number of ether oxygens (including phenoxy) is 1. The molecule has 0 aromatic heterocycles. The van der Waals surface area contributed by atoms with Gasteiger partial charge in [0.15, 0.2) is 0 Å². The highest BCUT2D eigenvalue weighted by molar-refractivity contribution is 7.81. The van der Waals surface area contributed by atoms with E-state index in [-0.39, 0.29) is 0 Å². The van der Waals surface area contributed by atoms with Crippen LogP contribution in [0.3, 0.4) is 0 Å². The minimum atomic E-state index is -0.912. The third kappa shape index (κ3) is 3.70. The SMILES string of the molecule is O=C(O)C(S)CCOc1ccccc1. The molecule has 3 nitrogen and oxygen atoms in total. The molecule has 1 N–H and O–H groups in total. The van der Waals surface area contributed by atoms with Gasteiger partial charge in [0.2, 0.25) is 0 Å². The molecule has 0 fully saturated rings. The van der Waals surface area contributed by atoms with E-state index in [2.05, 4.69) is 12.6 Å². The third-order valence-electron chi connectivity index (χ3n) is 1.69. The first-order valence-electron chi connectivity index (χ1n) is 4.29. The summed E-state index contributed by atoms with van der Waals surface area (Å²) in [5.41, 5.74) is 0. The first kappa shape index (κ1) is 10.9. The first-order valence-corrected chi connectivity index (χ1v) is 4.80. The molecule has 0 aliphatic heterocycles. The summed E-state index contributed by atoms with van der Waals surface area (Å²) < 4.78 is 5.31. The Morgan fingerprint density at radius 2 is 2.07 bits per heavy atom. The monoisotopic (exact) mass is 212 g/mol. The van der Waals surface area contributed by atoms with Crippen LogP contribution in [0.15, 0.2) is 30.3 Å². The molecule has 0 radical (unpaired) electrons. The average Bonchev–Trinajstić information content (AvgIpc) is 2.19. The van der Waals surface area contributed by atoms with Gasteiger partial charge < -0.3 is 9.84 Å². The predicted octanol–water partition coefficient (Wildman–Crippen LogP) is 1.84. The van der Waals surface area contributed by atoms with Crippen LogP contribution < -0.4 is 4.74 Å². The molecule has 4 heteroatoms. The molecule has 0 bridgehead atoms. The number of carboxylic acids is 1. The maximum absolute atomic E-state index is 10.4. The highest BCUT2D eigenvalue weighted by Gasteiger charge is 2.11. The van der Waals surface area contributed by atoms with Gasteiger partial charge in [0.25, 0.3) is 0 Å². The van der Waals surface area contributed by atoms with E-state index in [1.54, 1.807) is 0 Å². The fourth-order valence-electron chi connectivity index (χ4n) is 0.929. The zero-order chi connectivity index (χ0) is 10.4. The molecule has 1 unspecified atom stereocenters. The third-order valence-corrected chi connectivity index (χ3v) is 2.17. The molecule has 0 saturated heterocycles. The lowest BCUT2D eigenvalue weighted by Gasteiger charge is -2.07. The van der Waals surface area contributed by atoms with Crippen LogP contribution in [0.25, 0.3) is 0 Å². The standard InChI is InChI=1S/C10H12O3S/c11-10(12)9(14)6-7-13-8-4-2-1-3-5-8/h1-5,9,14H,6-7H2,(H,11,12). The van der Waals surface area contributed by atoms with Crippen molar-refractivity contribution in [2.45, 2.75) is 11.7 Å². The van der Waals surface area contributed by atoms with Crippen molar-refractivity contribution in [3.8, 4) is 5.75 Å². The first-order chi connectivity index (χ1) is 6.70. The van der Waals surface area contributed by atoms with Crippen LogP contribution in [0.1, 0.15) is 6.42 Å². The lowest BCUT2D eigenvalue weighted by atomic mass is 10.3. The summed E-state index contributed by atoms with van der Waals surface area (Å²) in [7, 11) is 0. The molecule has 0 amide bonds. The maximum Gasteiger partial charge on any atom is 0.316 e. The number of hydrogen-bond donors (Lipinski definition) is 2. The molecule has 1 aromatic rings. The molecule has 0 saturated carbocycles. The maximum atomic E-state index is 10.4. The van der Waals surface area contributed by atoms with Gasteiger partial charge >= 0.3 is 5.97 Å². The summed E-state index contributed by atoms with van der Waals surface area (Å²) in [4.78, 5) is 10.4. The normalized spacial score (nSPS) is 12.1. The van der Waals surface area contributed by atoms with E-state index in [0.29, 0.717) is 13.0 Å². The Hall–Kier alpha value is -1.16. The van der Waals surface area contributed by atoms with Crippen molar-refractivity contribution in [2.75, 3.05) is 6.61 Å². The van der Waals surface area contributed by atoms with Gasteiger partial charge in [-0.05, 0) is 12.1 Å². The Balaban J connectivity index is 2.26. The van der Waals surface area contributed by atoms with Crippen LogP contribution in [0.2, 0.25) is 0 Å². The van der Waals surface area contributed by atoms with E-state index >= 15 is 0 Å². The highest BCUT2D eigenvalue weighted by atomic mass is 32.1. The van der Waals surface area contributed by atoms with E-state index in [0.717, 1.165) is 5.75 Å². The number of carboxylic acid groups (broad SMARTS) is 1. The van der Waals surface area contributed by atoms with Gasteiger partial charge in [-0.2, -0.15) is 12.6 Å². The zero-order valence-electron chi connectivity index (χ0n) is 7.59. The minimum Gasteiger partial charge on any atom is -0.494 e. The van der Waals surface area contributed by atoms with E-state index in [1.165, 1.54) is 0 Å². The van der Waals surface area contributed by atoms with Crippen LogP contribution in [-0.2, 0) is 4.79 Å². The smallest absolute Gasteiger partial charge is 0.316 e. The Morgan fingerprint density at radius 3 is 2.64 bits per heavy atom. The lowest BCUT2D eigenvalue weighted by Crippen LogP contribution is -2.16. The van der Waals surface area contributed by atoms with E-state index < -0.39 is 11.2 Å². The lowest BCUT2D eigenvalue weighted by molar-refractivity contribution is -0.136. The number of hydrogen-bond acceptors (Lipinski definition) is 3. The number of rotatable bonds is 5. The van der Waals surface area contributed by atoms with Gasteiger partial charge in [-0.3, -0.25) is 4.79 Å². The highest BCUT2D eigenvalue weighted by Crippen LogP contribution is 2.10. The average molecular weight is 212 g/mol. The summed E-state index contributed by atoms with van der Waals surface area (Å²) in [6.45, 7) is 0.366. The Morgan fingerprint density at radius 1 is 1.43 bits per heavy atom. The number of carbonyl (C=O) groups is 1. The van der Waals surface area contributed by atoms with Crippen LogP contribution in [0.5, 0.6) is 5.75 Å². The topological polar surface area (TPSA) is 46.5 Å². The number of para-hydroxylation sites is 1. The Bertz CT molecular complexity index is 287. The van der Waals surface area contributed by atoms with E-state index in [1.807, 2.05) is 30.3 Å². The summed E-state index contributed by atoms with van der Waals surface area (Å²) in [6.07, 6.45) is 0.396. The molecule has 1 aromatic carbocycles. The zero-order valence-corrected chi connectivity index (χ0v) is 8.48. The molecule has 14 heavy (non-hydrogen) atoms. The van der Waals surface area contributed by atoms with Crippen molar-refractivity contribution in [3.05, 3.63) is 30.3 Å². The summed E-state index contributed by atoms with van der Waals surface area (Å²) >= 11 is 3.89. The van der Waals surface area contributed by atoms with E-state index in [4.69, 9.17) is 9.84 Å². The van der Waals surface area contributed by atoms with E-state index in [9.17, 15) is 4.79 Å². The quantitative estimate of drug-likeness (QED) is 0.732. The molecule has 76 valence electrons. The van der Waals surface area contributed by atoms with Gasteiger partial charge in [0, 0.05) is 6.42 Å². The van der Waals surface area contributed by atoms with Crippen molar-refractivity contribution in [2.24, 2.45) is 0 Å². The Kier molecular flexibility index (Phi) is 4.32. The minimum absolute atomic E-state index is 0.366. The molecule has 1 rings (SSSR count). The predicted molar refractivity (Wildman–Crippen MR) is 57.0 cm³/mol. The second-order valence-corrected chi connectivity index (χ2v) is 3.43. The fraction of sp³-hybridized carbons (Fsp3) is 0.300. The molecule has 0 heterocycles. The number of benzene rings is 1. The summed E-state index contributed by atoms with van der Waals surface area (Å²) in [5, 5.41) is 7.89. The van der Waals surface area contributed by atoms with Crippen LogP contribution in [0, 0.1) is 0 Å². The van der Waals surface area contributed by atoms with Crippen LogP contribution in [-0.4, -0.2) is 22.9 Å². The largest absolute Gasteiger partial charge is 0.494 e. The number of thiol groups is 1.